The number of para-hydroxylation sites is 1. The van der Waals surface area contributed by atoms with E-state index in [2.05, 4.69) is 15.5 Å². The average Bonchev–Trinajstić information content (AvgIpc) is 3.18. The first-order valence-electron chi connectivity index (χ1n) is 10.7. The van der Waals surface area contributed by atoms with Crippen LogP contribution in [0, 0.1) is 11.6 Å². The van der Waals surface area contributed by atoms with Gasteiger partial charge in [0.1, 0.15) is 17.7 Å². The zero-order valence-electron chi connectivity index (χ0n) is 17.3. The second kappa shape index (κ2) is 8.18. The van der Waals surface area contributed by atoms with Crippen LogP contribution in [0.2, 0.25) is 0 Å². The molecule has 0 saturated carbocycles. The van der Waals surface area contributed by atoms with Gasteiger partial charge in [0.05, 0.1) is 0 Å². The van der Waals surface area contributed by atoms with E-state index in [-0.39, 0.29) is 23.8 Å². The number of nitrogens with zero attached hydrogens (tertiary/aromatic N) is 2. The van der Waals surface area contributed by atoms with E-state index in [9.17, 15) is 18.4 Å². The molecule has 3 heterocycles. The van der Waals surface area contributed by atoms with Crippen LogP contribution in [-0.2, 0) is 16.0 Å². The number of hydrazone groups is 1. The maximum atomic E-state index is 14.9. The molecular formula is C24H22F2N4O2. The molecule has 1 aromatic heterocycles. The Balaban J connectivity index is 1.51. The van der Waals surface area contributed by atoms with E-state index in [1.165, 1.54) is 6.07 Å². The van der Waals surface area contributed by atoms with Crippen LogP contribution in [0.5, 0.6) is 0 Å². The second-order valence-electron chi connectivity index (χ2n) is 8.18. The molecule has 3 aromatic rings. The molecule has 0 bridgehead atoms. The summed E-state index contributed by atoms with van der Waals surface area (Å²) in [6.07, 6.45) is 2.08. The van der Waals surface area contributed by atoms with Crippen molar-refractivity contribution in [2.45, 2.75) is 38.1 Å². The summed E-state index contributed by atoms with van der Waals surface area (Å²) in [5.74, 6) is -1.41. The summed E-state index contributed by atoms with van der Waals surface area (Å²) in [7, 11) is 0. The number of aromatic nitrogens is 1. The van der Waals surface area contributed by atoms with Gasteiger partial charge in [-0.25, -0.2) is 14.2 Å². The molecule has 0 saturated heterocycles. The Morgan fingerprint density at radius 3 is 2.78 bits per heavy atom. The fourth-order valence-electron chi connectivity index (χ4n) is 4.64. The van der Waals surface area contributed by atoms with Gasteiger partial charge in [0.15, 0.2) is 0 Å². The third kappa shape index (κ3) is 3.66. The summed E-state index contributed by atoms with van der Waals surface area (Å²) in [6, 6.07) is 10.4. The molecule has 5 rings (SSSR count). The van der Waals surface area contributed by atoms with E-state index in [0.717, 1.165) is 40.0 Å². The van der Waals surface area contributed by atoms with Gasteiger partial charge in [-0.05, 0) is 49.1 Å². The number of rotatable bonds is 4. The van der Waals surface area contributed by atoms with Crippen molar-refractivity contribution in [3.8, 4) is 0 Å². The van der Waals surface area contributed by atoms with Gasteiger partial charge in [0.25, 0.3) is 0 Å². The zero-order valence-corrected chi connectivity index (χ0v) is 17.3. The van der Waals surface area contributed by atoms with Crippen LogP contribution in [0.1, 0.15) is 48.5 Å². The van der Waals surface area contributed by atoms with Crippen molar-refractivity contribution in [3.05, 3.63) is 70.9 Å². The first kappa shape index (κ1) is 20.4. The Morgan fingerprint density at radius 1 is 1.12 bits per heavy atom. The lowest BCUT2D eigenvalue weighted by atomic mass is 9.91. The summed E-state index contributed by atoms with van der Waals surface area (Å²) in [5.41, 5.74) is 5.98. The second-order valence-corrected chi connectivity index (χ2v) is 8.18. The maximum Gasteiger partial charge on any atom is 0.240 e. The summed E-state index contributed by atoms with van der Waals surface area (Å²) >= 11 is 0. The minimum atomic E-state index is -0.748. The van der Waals surface area contributed by atoms with Crippen LogP contribution in [-0.4, -0.2) is 34.0 Å². The third-order valence-electron chi connectivity index (χ3n) is 6.21. The lowest BCUT2D eigenvalue weighted by molar-refractivity contribution is -0.133. The first-order chi connectivity index (χ1) is 15.5. The van der Waals surface area contributed by atoms with Crippen LogP contribution in [0.25, 0.3) is 10.9 Å². The molecule has 0 aliphatic carbocycles. The standard InChI is InChI=1S/C24H22F2N4O2/c25-14-5-8-19(26)18(13-14)24-23-17(16-3-1-2-4-20(16)27-23)11-12-30(24)22(32)10-7-15-6-9-21(31)29-28-15/h1-5,8,13,24,27H,6-7,9-12H2,(H,29,31)/t24-/m1/s1. The third-order valence-corrected chi connectivity index (χ3v) is 6.21. The molecule has 2 aromatic carbocycles. The number of carbonyl (C=O) groups is 2. The van der Waals surface area contributed by atoms with Crippen molar-refractivity contribution < 1.29 is 18.4 Å². The lowest BCUT2D eigenvalue weighted by Gasteiger charge is -2.36. The Labute approximate surface area is 183 Å². The predicted molar refractivity (Wildman–Crippen MR) is 116 cm³/mol. The first-order valence-corrected chi connectivity index (χ1v) is 10.7. The summed E-state index contributed by atoms with van der Waals surface area (Å²) in [5, 5.41) is 5.06. The van der Waals surface area contributed by atoms with Crippen LogP contribution >= 0.6 is 0 Å². The highest BCUT2D eigenvalue weighted by Crippen LogP contribution is 2.39. The molecule has 0 unspecified atom stereocenters. The van der Waals surface area contributed by atoms with Gasteiger partial charge in [-0.3, -0.25) is 9.59 Å². The monoisotopic (exact) mass is 436 g/mol. The molecule has 2 amide bonds. The number of nitrogens with one attached hydrogen (secondary N) is 2. The average molecular weight is 436 g/mol. The van der Waals surface area contributed by atoms with Crippen LogP contribution in [0.4, 0.5) is 8.78 Å². The number of halogens is 2. The van der Waals surface area contributed by atoms with Crippen LogP contribution in [0.15, 0.2) is 47.6 Å². The zero-order chi connectivity index (χ0) is 22.2. The minimum absolute atomic E-state index is 0.133. The number of amides is 2. The molecule has 2 aliphatic heterocycles. The molecule has 0 radical (unpaired) electrons. The molecule has 2 N–H and O–H groups in total. The summed E-state index contributed by atoms with van der Waals surface area (Å²) in [4.78, 5) is 29.5. The number of carbonyl (C=O) groups excluding carboxylic acids is 2. The molecular weight excluding hydrogens is 414 g/mol. The van der Waals surface area contributed by atoms with Crippen molar-refractivity contribution in [2.75, 3.05) is 6.54 Å². The van der Waals surface area contributed by atoms with Gasteiger partial charge in [-0.2, -0.15) is 5.10 Å². The molecule has 8 heteroatoms. The van der Waals surface area contributed by atoms with Crippen molar-refractivity contribution in [1.82, 2.24) is 15.3 Å². The van der Waals surface area contributed by atoms with Gasteiger partial charge in [-0.15, -0.1) is 0 Å². The topological polar surface area (TPSA) is 77.6 Å². The van der Waals surface area contributed by atoms with Gasteiger partial charge in [0.2, 0.25) is 11.8 Å². The molecule has 6 nitrogen and oxygen atoms in total. The van der Waals surface area contributed by atoms with Gasteiger partial charge in [-0.1, -0.05) is 18.2 Å². The smallest absolute Gasteiger partial charge is 0.240 e. The SMILES string of the molecule is O=C1CCC(CCC(=O)N2CCc3c([nH]c4ccccc34)[C@H]2c2cc(F)ccc2F)=NN1. The number of benzene rings is 2. The van der Waals surface area contributed by atoms with Crippen LogP contribution in [0.3, 0.4) is 0 Å². The number of hydrogen-bond acceptors (Lipinski definition) is 3. The van der Waals surface area contributed by atoms with Gasteiger partial charge >= 0.3 is 0 Å². The van der Waals surface area contributed by atoms with Gasteiger partial charge < -0.3 is 9.88 Å². The van der Waals surface area contributed by atoms with Crippen LogP contribution < -0.4 is 5.43 Å². The molecule has 164 valence electrons. The molecule has 32 heavy (non-hydrogen) atoms. The van der Waals surface area contributed by atoms with Crippen molar-refractivity contribution >= 4 is 28.4 Å². The van der Waals surface area contributed by atoms with Crippen molar-refractivity contribution in [1.29, 1.82) is 0 Å². The quantitative estimate of drug-likeness (QED) is 0.649. The highest BCUT2D eigenvalue weighted by Gasteiger charge is 2.36. The largest absolute Gasteiger partial charge is 0.356 e. The van der Waals surface area contributed by atoms with E-state index in [4.69, 9.17) is 0 Å². The summed E-state index contributed by atoms with van der Waals surface area (Å²) < 4.78 is 29.0. The molecule has 2 aliphatic rings. The van der Waals surface area contributed by atoms with E-state index in [1.807, 2.05) is 24.3 Å². The van der Waals surface area contributed by atoms with Gasteiger partial charge in [0, 0.05) is 47.3 Å². The lowest BCUT2D eigenvalue weighted by Crippen LogP contribution is -2.41. The highest BCUT2D eigenvalue weighted by atomic mass is 19.1. The number of aromatic amines is 1. The summed E-state index contributed by atoms with van der Waals surface area (Å²) in [6.45, 7) is 0.400. The Morgan fingerprint density at radius 2 is 1.97 bits per heavy atom. The van der Waals surface area contributed by atoms with E-state index in [1.54, 1.807) is 4.90 Å². The minimum Gasteiger partial charge on any atom is -0.356 e. The maximum absolute atomic E-state index is 14.9. The van der Waals surface area contributed by atoms with Crippen molar-refractivity contribution in [2.24, 2.45) is 5.10 Å². The number of hydrogen-bond donors (Lipinski definition) is 2. The van der Waals surface area contributed by atoms with Crippen molar-refractivity contribution in [3.63, 3.8) is 0 Å². The predicted octanol–water partition coefficient (Wildman–Crippen LogP) is 3.97. The molecule has 0 fully saturated rings. The Kier molecular flexibility index (Phi) is 5.20. The number of H-pyrrole nitrogens is 1. The van der Waals surface area contributed by atoms with E-state index >= 15 is 0 Å². The van der Waals surface area contributed by atoms with E-state index in [0.29, 0.717) is 32.2 Å². The molecule has 0 spiro atoms. The van der Waals surface area contributed by atoms with E-state index < -0.39 is 17.7 Å². The fraction of sp³-hybridized carbons (Fsp3) is 0.292. The fourth-order valence-corrected chi connectivity index (χ4v) is 4.64. The Hall–Kier alpha value is -3.55. The highest BCUT2D eigenvalue weighted by molar-refractivity contribution is 5.94. The molecule has 1 atom stereocenters. The normalized spacial score (nSPS) is 18.3. The Bertz CT molecular complexity index is 1250. The number of fused-ring (bicyclic) bond motifs is 3.